The highest BCUT2D eigenvalue weighted by atomic mass is 19.1. The van der Waals surface area contributed by atoms with Crippen LogP contribution in [0.5, 0.6) is 0 Å². The SMILES string of the molecule is CC(NCCOCCN(C)C)c1c(F)cccc1F. The highest BCUT2D eigenvalue weighted by Gasteiger charge is 2.14. The second kappa shape index (κ2) is 8.19. The van der Waals surface area contributed by atoms with Gasteiger partial charge in [0.05, 0.1) is 13.2 Å². The maximum Gasteiger partial charge on any atom is 0.130 e. The van der Waals surface area contributed by atoms with Gasteiger partial charge < -0.3 is 15.0 Å². The van der Waals surface area contributed by atoms with Gasteiger partial charge in [0.2, 0.25) is 0 Å². The third kappa shape index (κ3) is 5.63. The summed E-state index contributed by atoms with van der Waals surface area (Å²) in [5.41, 5.74) is 0.0794. The molecule has 0 saturated heterocycles. The van der Waals surface area contributed by atoms with Gasteiger partial charge in [0.15, 0.2) is 0 Å². The molecule has 1 aromatic carbocycles. The van der Waals surface area contributed by atoms with E-state index in [1.54, 1.807) is 6.92 Å². The quantitative estimate of drug-likeness (QED) is 0.734. The van der Waals surface area contributed by atoms with E-state index >= 15 is 0 Å². The first kappa shape index (κ1) is 16.0. The summed E-state index contributed by atoms with van der Waals surface area (Å²) >= 11 is 0. The van der Waals surface area contributed by atoms with Gasteiger partial charge in [-0.25, -0.2) is 8.78 Å². The zero-order valence-corrected chi connectivity index (χ0v) is 11.7. The van der Waals surface area contributed by atoms with Gasteiger partial charge in [-0.15, -0.1) is 0 Å². The van der Waals surface area contributed by atoms with Gasteiger partial charge >= 0.3 is 0 Å². The number of rotatable bonds is 8. The summed E-state index contributed by atoms with van der Waals surface area (Å²) in [6.07, 6.45) is 0. The van der Waals surface area contributed by atoms with Crippen molar-refractivity contribution in [2.45, 2.75) is 13.0 Å². The Morgan fingerprint density at radius 1 is 1.21 bits per heavy atom. The van der Waals surface area contributed by atoms with E-state index in [0.717, 1.165) is 6.54 Å². The maximum atomic E-state index is 13.5. The number of nitrogens with one attached hydrogen (secondary N) is 1. The van der Waals surface area contributed by atoms with Gasteiger partial charge in [0.1, 0.15) is 11.6 Å². The van der Waals surface area contributed by atoms with Crippen molar-refractivity contribution in [2.75, 3.05) is 40.4 Å². The second-order valence-corrected chi connectivity index (χ2v) is 4.73. The number of nitrogens with zero attached hydrogens (tertiary/aromatic N) is 1. The highest BCUT2D eigenvalue weighted by molar-refractivity contribution is 5.22. The van der Waals surface area contributed by atoms with Crippen LogP contribution in [0.15, 0.2) is 18.2 Å². The van der Waals surface area contributed by atoms with Crippen LogP contribution in [0, 0.1) is 11.6 Å². The fraction of sp³-hybridized carbons (Fsp3) is 0.571. The smallest absolute Gasteiger partial charge is 0.130 e. The Labute approximate surface area is 113 Å². The van der Waals surface area contributed by atoms with Crippen molar-refractivity contribution < 1.29 is 13.5 Å². The summed E-state index contributed by atoms with van der Waals surface area (Å²) in [7, 11) is 3.95. The number of hydrogen-bond acceptors (Lipinski definition) is 3. The van der Waals surface area contributed by atoms with E-state index < -0.39 is 11.6 Å². The minimum Gasteiger partial charge on any atom is -0.379 e. The van der Waals surface area contributed by atoms with Crippen LogP contribution >= 0.6 is 0 Å². The van der Waals surface area contributed by atoms with Gasteiger partial charge in [-0.05, 0) is 33.2 Å². The van der Waals surface area contributed by atoms with Crippen LogP contribution in [-0.4, -0.2) is 45.3 Å². The number of ether oxygens (including phenoxy) is 1. The number of halogens is 2. The summed E-state index contributed by atoms with van der Waals surface area (Å²) in [4.78, 5) is 2.03. The summed E-state index contributed by atoms with van der Waals surface area (Å²) in [5, 5.41) is 3.05. The maximum absolute atomic E-state index is 13.5. The summed E-state index contributed by atoms with van der Waals surface area (Å²) in [6, 6.07) is 3.53. The van der Waals surface area contributed by atoms with E-state index in [1.165, 1.54) is 18.2 Å². The van der Waals surface area contributed by atoms with Crippen LogP contribution in [0.3, 0.4) is 0 Å². The number of hydrogen-bond donors (Lipinski definition) is 1. The van der Waals surface area contributed by atoms with Crippen LogP contribution in [-0.2, 0) is 4.74 Å². The molecule has 0 aromatic heterocycles. The highest BCUT2D eigenvalue weighted by Crippen LogP contribution is 2.19. The zero-order valence-electron chi connectivity index (χ0n) is 11.7. The van der Waals surface area contributed by atoms with Crippen molar-refractivity contribution in [3.8, 4) is 0 Å². The Kier molecular flexibility index (Phi) is 6.91. The van der Waals surface area contributed by atoms with Crippen molar-refractivity contribution in [1.82, 2.24) is 10.2 Å². The van der Waals surface area contributed by atoms with E-state index in [4.69, 9.17) is 4.74 Å². The molecule has 0 fully saturated rings. The first-order valence-electron chi connectivity index (χ1n) is 6.42. The molecule has 1 unspecified atom stereocenters. The fourth-order valence-electron chi connectivity index (χ4n) is 1.72. The zero-order chi connectivity index (χ0) is 14.3. The average molecular weight is 272 g/mol. The topological polar surface area (TPSA) is 24.5 Å². The van der Waals surface area contributed by atoms with E-state index in [-0.39, 0.29) is 11.6 Å². The Bertz CT molecular complexity index is 365. The Morgan fingerprint density at radius 2 is 1.84 bits per heavy atom. The average Bonchev–Trinajstić information content (AvgIpc) is 2.33. The molecule has 3 nitrogen and oxygen atoms in total. The van der Waals surface area contributed by atoms with Crippen LogP contribution in [0.1, 0.15) is 18.5 Å². The predicted octanol–water partition coefficient (Wildman–Crippen LogP) is 2.19. The molecule has 0 aliphatic carbocycles. The molecule has 0 bridgehead atoms. The molecule has 0 radical (unpaired) electrons. The van der Waals surface area contributed by atoms with Crippen LogP contribution in [0.25, 0.3) is 0 Å². The number of benzene rings is 1. The second-order valence-electron chi connectivity index (χ2n) is 4.73. The van der Waals surface area contributed by atoms with Crippen molar-refractivity contribution in [3.05, 3.63) is 35.4 Å². The molecule has 0 aliphatic heterocycles. The molecule has 1 aromatic rings. The lowest BCUT2D eigenvalue weighted by atomic mass is 10.1. The molecule has 0 heterocycles. The third-order valence-electron chi connectivity index (χ3n) is 2.81. The largest absolute Gasteiger partial charge is 0.379 e. The molecule has 0 aliphatic rings. The van der Waals surface area contributed by atoms with Crippen molar-refractivity contribution >= 4 is 0 Å². The fourth-order valence-corrected chi connectivity index (χ4v) is 1.72. The van der Waals surface area contributed by atoms with Crippen molar-refractivity contribution in [3.63, 3.8) is 0 Å². The van der Waals surface area contributed by atoms with E-state index in [2.05, 4.69) is 5.32 Å². The molecule has 1 rings (SSSR count). The lowest BCUT2D eigenvalue weighted by Gasteiger charge is -2.16. The molecule has 1 atom stereocenters. The molecule has 19 heavy (non-hydrogen) atoms. The standard InChI is InChI=1S/C14H22F2N2O/c1-11(14-12(15)5-4-6-13(14)16)17-7-9-19-10-8-18(2)3/h4-6,11,17H,7-10H2,1-3H3. The van der Waals surface area contributed by atoms with Crippen LogP contribution in [0.2, 0.25) is 0 Å². The van der Waals surface area contributed by atoms with Crippen molar-refractivity contribution in [2.24, 2.45) is 0 Å². The van der Waals surface area contributed by atoms with Gasteiger partial charge in [0.25, 0.3) is 0 Å². The molecule has 1 N–H and O–H groups in total. The summed E-state index contributed by atoms with van der Waals surface area (Å²) in [5.74, 6) is -1.04. The van der Waals surface area contributed by atoms with Gasteiger partial charge in [0, 0.05) is 24.7 Å². The van der Waals surface area contributed by atoms with E-state index in [0.29, 0.717) is 19.8 Å². The van der Waals surface area contributed by atoms with E-state index in [9.17, 15) is 8.78 Å². The molecule has 0 amide bonds. The summed E-state index contributed by atoms with van der Waals surface area (Å²) < 4.78 is 32.4. The van der Waals surface area contributed by atoms with E-state index in [1.807, 2.05) is 19.0 Å². The van der Waals surface area contributed by atoms with Gasteiger partial charge in [-0.3, -0.25) is 0 Å². The van der Waals surface area contributed by atoms with Crippen molar-refractivity contribution in [1.29, 1.82) is 0 Å². The molecular formula is C14H22F2N2O. The lowest BCUT2D eigenvalue weighted by molar-refractivity contribution is 0.117. The molecule has 0 spiro atoms. The first-order valence-corrected chi connectivity index (χ1v) is 6.42. The third-order valence-corrected chi connectivity index (χ3v) is 2.81. The first-order chi connectivity index (χ1) is 9.02. The van der Waals surface area contributed by atoms with Gasteiger partial charge in [-0.2, -0.15) is 0 Å². The molecule has 108 valence electrons. The molecule has 0 saturated carbocycles. The molecular weight excluding hydrogens is 250 g/mol. The Morgan fingerprint density at radius 3 is 2.42 bits per heavy atom. The summed E-state index contributed by atoms with van der Waals surface area (Å²) in [6.45, 7) is 4.33. The predicted molar refractivity (Wildman–Crippen MR) is 72.1 cm³/mol. The normalized spacial score (nSPS) is 12.9. The minimum absolute atomic E-state index is 0.0794. The molecule has 5 heteroatoms. The minimum atomic E-state index is -0.520. The van der Waals surface area contributed by atoms with Crippen LogP contribution < -0.4 is 5.32 Å². The lowest BCUT2D eigenvalue weighted by Crippen LogP contribution is -2.26. The Balaban J connectivity index is 2.30. The van der Waals surface area contributed by atoms with Crippen LogP contribution in [0.4, 0.5) is 8.78 Å². The number of likely N-dealkylation sites (N-methyl/N-ethyl adjacent to an activating group) is 1. The monoisotopic (exact) mass is 272 g/mol. The van der Waals surface area contributed by atoms with Gasteiger partial charge in [-0.1, -0.05) is 6.07 Å². The Hall–Kier alpha value is -1.04.